The molecule has 2 rings (SSSR count). The summed E-state index contributed by atoms with van der Waals surface area (Å²) in [4.78, 5) is 4.46. The summed E-state index contributed by atoms with van der Waals surface area (Å²) < 4.78 is 16.3. The predicted molar refractivity (Wildman–Crippen MR) is 69.6 cm³/mol. The fourth-order valence-corrected chi connectivity index (χ4v) is 2.14. The van der Waals surface area contributed by atoms with Crippen LogP contribution in [0, 0.1) is 0 Å². The number of nitrogens with zero attached hydrogens (tertiary/aromatic N) is 2. The van der Waals surface area contributed by atoms with Crippen LogP contribution in [0.1, 0.15) is 44.8 Å². The van der Waals surface area contributed by atoms with Crippen molar-refractivity contribution in [3.8, 4) is 0 Å². The predicted octanol–water partition coefficient (Wildman–Crippen LogP) is 1.61. The molecule has 1 unspecified atom stereocenters. The van der Waals surface area contributed by atoms with Crippen molar-refractivity contribution in [3.05, 3.63) is 11.7 Å². The second-order valence-corrected chi connectivity index (χ2v) is 5.01. The lowest BCUT2D eigenvalue weighted by Gasteiger charge is -2.32. The third-order valence-electron chi connectivity index (χ3n) is 3.78. The Bertz CT molecular complexity index is 388. The van der Waals surface area contributed by atoms with E-state index in [1.807, 2.05) is 0 Å². The minimum absolute atomic E-state index is 0.440. The van der Waals surface area contributed by atoms with E-state index < -0.39 is 5.60 Å². The largest absolute Gasteiger partial charge is 0.381 e. The van der Waals surface area contributed by atoms with E-state index in [0.29, 0.717) is 37.5 Å². The fraction of sp³-hybridized carbons (Fsp3) is 0.846. The fourth-order valence-electron chi connectivity index (χ4n) is 2.14. The first-order valence-electron chi connectivity index (χ1n) is 6.89. The first-order valence-corrected chi connectivity index (χ1v) is 6.89. The van der Waals surface area contributed by atoms with Gasteiger partial charge in [-0.15, -0.1) is 0 Å². The van der Waals surface area contributed by atoms with Crippen molar-refractivity contribution >= 4 is 0 Å². The average molecular weight is 269 g/mol. The molecule has 1 aromatic heterocycles. The maximum atomic E-state index is 5.64. The summed E-state index contributed by atoms with van der Waals surface area (Å²) in [6.45, 7) is 6.20. The number of rotatable bonds is 6. The van der Waals surface area contributed by atoms with Crippen LogP contribution in [0.4, 0.5) is 0 Å². The van der Waals surface area contributed by atoms with E-state index in [2.05, 4.69) is 29.3 Å². The summed E-state index contributed by atoms with van der Waals surface area (Å²) in [6, 6.07) is 0.440. The highest BCUT2D eigenvalue weighted by Gasteiger charge is 2.39. The molecule has 0 spiro atoms. The lowest BCUT2D eigenvalue weighted by atomic mass is 9.93. The summed E-state index contributed by atoms with van der Waals surface area (Å²) >= 11 is 0. The Hall–Kier alpha value is -0.980. The van der Waals surface area contributed by atoms with Crippen molar-refractivity contribution in [1.29, 1.82) is 0 Å². The number of hydrogen-bond acceptors (Lipinski definition) is 6. The Morgan fingerprint density at radius 2 is 2.16 bits per heavy atom. The Labute approximate surface area is 113 Å². The summed E-state index contributed by atoms with van der Waals surface area (Å²) in [6.07, 6.45) is 2.60. The molecule has 0 saturated carbocycles. The quantitative estimate of drug-likeness (QED) is 0.846. The van der Waals surface area contributed by atoms with Gasteiger partial charge < -0.3 is 19.3 Å². The topological polar surface area (TPSA) is 69.4 Å². The molecular formula is C13H23N3O3. The molecule has 1 aromatic rings. The van der Waals surface area contributed by atoms with E-state index in [0.717, 1.165) is 19.3 Å². The number of hydrogen-bond donors (Lipinski definition) is 1. The first-order chi connectivity index (χ1) is 9.20. The normalized spacial score (nSPS) is 20.4. The monoisotopic (exact) mass is 269 g/mol. The van der Waals surface area contributed by atoms with Crippen LogP contribution in [0.5, 0.6) is 0 Å². The minimum Gasteiger partial charge on any atom is -0.381 e. The maximum Gasteiger partial charge on any atom is 0.240 e. The van der Waals surface area contributed by atoms with Gasteiger partial charge >= 0.3 is 0 Å². The molecule has 0 bridgehead atoms. The van der Waals surface area contributed by atoms with Gasteiger partial charge in [0.1, 0.15) is 5.60 Å². The molecule has 108 valence electrons. The van der Waals surface area contributed by atoms with Crippen molar-refractivity contribution in [3.63, 3.8) is 0 Å². The zero-order valence-corrected chi connectivity index (χ0v) is 11.9. The third kappa shape index (κ3) is 3.32. The van der Waals surface area contributed by atoms with Gasteiger partial charge in [0.05, 0.1) is 6.54 Å². The second kappa shape index (κ2) is 6.45. The number of aromatic nitrogens is 2. The Balaban J connectivity index is 2.02. The maximum absolute atomic E-state index is 5.64. The van der Waals surface area contributed by atoms with Gasteiger partial charge in [-0.3, -0.25) is 0 Å². The summed E-state index contributed by atoms with van der Waals surface area (Å²) in [7, 11) is 1.69. The molecule has 6 heteroatoms. The molecule has 2 heterocycles. The first kappa shape index (κ1) is 14.4. The lowest BCUT2D eigenvalue weighted by Crippen LogP contribution is -2.36. The van der Waals surface area contributed by atoms with Crippen molar-refractivity contribution in [2.24, 2.45) is 0 Å². The lowest BCUT2D eigenvalue weighted by molar-refractivity contribution is -0.101. The van der Waals surface area contributed by atoms with Crippen LogP contribution >= 0.6 is 0 Å². The van der Waals surface area contributed by atoms with Crippen molar-refractivity contribution in [2.75, 3.05) is 20.3 Å². The zero-order valence-electron chi connectivity index (χ0n) is 11.9. The van der Waals surface area contributed by atoms with Crippen molar-refractivity contribution in [1.82, 2.24) is 15.5 Å². The van der Waals surface area contributed by atoms with Crippen LogP contribution in [-0.4, -0.2) is 36.5 Å². The highest BCUT2D eigenvalue weighted by Crippen LogP contribution is 2.33. The Morgan fingerprint density at radius 3 is 2.79 bits per heavy atom. The van der Waals surface area contributed by atoms with Gasteiger partial charge in [-0.25, -0.2) is 0 Å². The smallest absolute Gasteiger partial charge is 0.240 e. The molecular weight excluding hydrogens is 246 g/mol. The zero-order chi connectivity index (χ0) is 13.7. The van der Waals surface area contributed by atoms with Gasteiger partial charge in [0.25, 0.3) is 0 Å². The molecule has 1 fully saturated rings. The standard InChI is InChI=1S/C13H23N3O3/c1-4-10(2)14-9-11-15-12(16-19-11)13(17-3)5-7-18-8-6-13/h10,14H,4-9H2,1-3H3. The Kier molecular flexibility index (Phi) is 4.90. The molecule has 0 aromatic carbocycles. The van der Waals surface area contributed by atoms with Crippen LogP contribution in [0.3, 0.4) is 0 Å². The van der Waals surface area contributed by atoms with Crippen LogP contribution in [0.15, 0.2) is 4.52 Å². The number of ether oxygens (including phenoxy) is 2. The van der Waals surface area contributed by atoms with E-state index >= 15 is 0 Å². The highest BCUT2D eigenvalue weighted by molar-refractivity contribution is 5.03. The third-order valence-corrected chi connectivity index (χ3v) is 3.78. The van der Waals surface area contributed by atoms with E-state index in [9.17, 15) is 0 Å². The molecule has 1 aliphatic heterocycles. The average Bonchev–Trinajstić information content (AvgIpc) is 2.95. The molecule has 1 saturated heterocycles. The van der Waals surface area contributed by atoms with Gasteiger partial charge in [-0.1, -0.05) is 12.1 Å². The van der Waals surface area contributed by atoms with Crippen LogP contribution in [0.2, 0.25) is 0 Å². The van der Waals surface area contributed by atoms with E-state index in [1.165, 1.54) is 0 Å². The van der Waals surface area contributed by atoms with Gasteiger partial charge in [-0.05, 0) is 13.3 Å². The molecule has 19 heavy (non-hydrogen) atoms. The highest BCUT2D eigenvalue weighted by atomic mass is 16.5. The van der Waals surface area contributed by atoms with Crippen LogP contribution < -0.4 is 5.32 Å². The molecule has 1 atom stereocenters. The van der Waals surface area contributed by atoms with Crippen molar-refractivity contribution < 1.29 is 14.0 Å². The molecule has 0 amide bonds. The Morgan fingerprint density at radius 1 is 1.42 bits per heavy atom. The van der Waals surface area contributed by atoms with Gasteiger partial charge in [0.15, 0.2) is 0 Å². The van der Waals surface area contributed by atoms with Gasteiger partial charge in [0.2, 0.25) is 11.7 Å². The van der Waals surface area contributed by atoms with Crippen LogP contribution in [0.25, 0.3) is 0 Å². The minimum atomic E-state index is -0.448. The van der Waals surface area contributed by atoms with Crippen molar-refractivity contribution in [2.45, 2.75) is 51.3 Å². The molecule has 1 N–H and O–H groups in total. The number of methoxy groups -OCH3 is 1. The summed E-state index contributed by atoms with van der Waals surface area (Å²) in [5, 5.41) is 7.41. The van der Waals surface area contributed by atoms with Crippen LogP contribution in [-0.2, 0) is 21.6 Å². The van der Waals surface area contributed by atoms with E-state index in [4.69, 9.17) is 14.0 Å². The molecule has 1 aliphatic rings. The molecule has 0 radical (unpaired) electrons. The molecule has 0 aliphatic carbocycles. The SMILES string of the molecule is CCC(C)NCc1nc(C2(OC)CCOCC2)no1. The number of nitrogens with one attached hydrogen (secondary N) is 1. The van der Waals surface area contributed by atoms with Gasteiger partial charge in [0, 0.05) is 39.2 Å². The van der Waals surface area contributed by atoms with Gasteiger partial charge in [-0.2, -0.15) is 4.98 Å². The molecule has 6 nitrogen and oxygen atoms in total. The van der Waals surface area contributed by atoms with E-state index in [1.54, 1.807) is 7.11 Å². The van der Waals surface area contributed by atoms with E-state index in [-0.39, 0.29) is 0 Å². The summed E-state index contributed by atoms with van der Waals surface area (Å²) in [5.74, 6) is 1.25. The second-order valence-electron chi connectivity index (χ2n) is 5.01. The summed E-state index contributed by atoms with van der Waals surface area (Å²) in [5.41, 5.74) is -0.448.